The van der Waals surface area contributed by atoms with E-state index in [1.807, 2.05) is 18.2 Å². The molecule has 4 heteroatoms. The molecule has 1 aliphatic rings. The Kier molecular flexibility index (Phi) is 3.36. The van der Waals surface area contributed by atoms with Gasteiger partial charge in [0.25, 0.3) is 5.91 Å². The molecule has 0 spiro atoms. The van der Waals surface area contributed by atoms with Crippen LogP contribution >= 0.6 is 0 Å². The van der Waals surface area contributed by atoms with Gasteiger partial charge in [-0.3, -0.25) is 4.79 Å². The fourth-order valence-corrected chi connectivity index (χ4v) is 2.18. The molecule has 1 aromatic carbocycles. The Morgan fingerprint density at radius 2 is 2.17 bits per heavy atom. The van der Waals surface area contributed by atoms with E-state index in [-0.39, 0.29) is 5.91 Å². The summed E-state index contributed by atoms with van der Waals surface area (Å²) in [5, 5.41) is 11.6. The molecule has 4 nitrogen and oxygen atoms in total. The number of rotatable bonds is 2. The molecule has 0 aromatic heterocycles. The van der Waals surface area contributed by atoms with Gasteiger partial charge >= 0.3 is 5.97 Å². The molecule has 1 unspecified atom stereocenters. The van der Waals surface area contributed by atoms with E-state index in [1.165, 1.54) is 0 Å². The molecule has 1 aliphatic heterocycles. The average Bonchev–Trinajstić information content (AvgIpc) is 2.48. The van der Waals surface area contributed by atoms with Crippen molar-refractivity contribution in [2.24, 2.45) is 0 Å². The molecular formula is C14H17NO3. The first-order chi connectivity index (χ1) is 8.49. The van der Waals surface area contributed by atoms with Crippen LogP contribution in [0.4, 0.5) is 0 Å². The van der Waals surface area contributed by atoms with E-state index in [0.29, 0.717) is 24.3 Å². The van der Waals surface area contributed by atoms with Crippen LogP contribution in [0.3, 0.4) is 0 Å². The first-order valence-electron chi connectivity index (χ1n) is 6.15. The third-order valence-electron chi connectivity index (χ3n) is 3.35. The monoisotopic (exact) mass is 247 g/mol. The number of amides is 1. The second-order valence-electron chi connectivity index (χ2n) is 4.97. The standard InChI is InChI=1S/C14H17NO3/c1-8(2)10-4-3-9-5-6-12(14(17)18)15-13(16)11(9)7-10/h3-4,7-8,12H,5-6H2,1-2H3,(H,15,16)(H,17,18). The molecule has 1 amide bonds. The van der Waals surface area contributed by atoms with E-state index >= 15 is 0 Å². The molecule has 1 heterocycles. The maximum Gasteiger partial charge on any atom is 0.326 e. The molecule has 0 saturated carbocycles. The summed E-state index contributed by atoms with van der Waals surface area (Å²) >= 11 is 0. The van der Waals surface area contributed by atoms with Gasteiger partial charge in [0.2, 0.25) is 0 Å². The molecule has 0 aliphatic carbocycles. The van der Waals surface area contributed by atoms with Crippen molar-refractivity contribution in [3.8, 4) is 0 Å². The Bertz CT molecular complexity index is 494. The molecule has 1 aromatic rings. The summed E-state index contributed by atoms with van der Waals surface area (Å²) in [4.78, 5) is 23.0. The minimum absolute atomic E-state index is 0.280. The zero-order valence-electron chi connectivity index (χ0n) is 10.6. The van der Waals surface area contributed by atoms with Crippen LogP contribution < -0.4 is 5.32 Å². The van der Waals surface area contributed by atoms with Crippen molar-refractivity contribution in [3.63, 3.8) is 0 Å². The van der Waals surface area contributed by atoms with Gasteiger partial charge in [-0.2, -0.15) is 0 Å². The van der Waals surface area contributed by atoms with Crippen molar-refractivity contribution in [1.82, 2.24) is 5.32 Å². The van der Waals surface area contributed by atoms with Gasteiger partial charge in [0, 0.05) is 5.56 Å². The van der Waals surface area contributed by atoms with E-state index in [2.05, 4.69) is 19.2 Å². The summed E-state index contributed by atoms with van der Waals surface area (Å²) in [6, 6.07) is 5.04. The quantitative estimate of drug-likeness (QED) is 0.839. The van der Waals surface area contributed by atoms with Crippen LogP contribution in [0.2, 0.25) is 0 Å². The van der Waals surface area contributed by atoms with Gasteiger partial charge < -0.3 is 10.4 Å². The van der Waals surface area contributed by atoms with Gasteiger partial charge in [0.05, 0.1) is 0 Å². The second kappa shape index (κ2) is 4.80. The van der Waals surface area contributed by atoms with E-state index < -0.39 is 12.0 Å². The number of hydrogen-bond acceptors (Lipinski definition) is 2. The molecular weight excluding hydrogens is 230 g/mol. The summed E-state index contributed by atoms with van der Waals surface area (Å²) in [6.07, 6.45) is 1.05. The number of carboxylic acids is 1. The third kappa shape index (κ3) is 2.37. The maximum atomic E-state index is 12.0. The van der Waals surface area contributed by atoms with Crippen LogP contribution in [0.5, 0.6) is 0 Å². The number of fused-ring (bicyclic) bond motifs is 1. The predicted octanol–water partition coefficient (Wildman–Crippen LogP) is 1.94. The zero-order chi connectivity index (χ0) is 13.3. The van der Waals surface area contributed by atoms with Crippen LogP contribution in [0, 0.1) is 0 Å². The van der Waals surface area contributed by atoms with Crippen molar-refractivity contribution in [2.45, 2.75) is 38.6 Å². The van der Waals surface area contributed by atoms with Gasteiger partial charge in [-0.15, -0.1) is 0 Å². The molecule has 0 fully saturated rings. The van der Waals surface area contributed by atoms with Crippen molar-refractivity contribution in [1.29, 1.82) is 0 Å². The Balaban J connectivity index is 2.36. The lowest BCUT2D eigenvalue weighted by Gasteiger charge is -2.11. The smallest absolute Gasteiger partial charge is 0.326 e. The number of aryl methyl sites for hydroxylation is 1. The molecule has 2 rings (SSSR count). The third-order valence-corrected chi connectivity index (χ3v) is 3.35. The fourth-order valence-electron chi connectivity index (χ4n) is 2.18. The number of carbonyl (C=O) groups is 2. The fraction of sp³-hybridized carbons (Fsp3) is 0.429. The van der Waals surface area contributed by atoms with Crippen LogP contribution in [0.1, 0.15) is 47.7 Å². The summed E-state index contributed by atoms with van der Waals surface area (Å²) in [5.41, 5.74) is 2.64. The molecule has 2 N–H and O–H groups in total. The first kappa shape index (κ1) is 12.6. The van der Waals surface area contributed by atoms with Crippen molar-refractivity contribution in [2.75, 3.05) is 0 Å². The predicted molar refractivity (Wildman–Crippen MR) is 67.7 cm³/mol. The van der Waals surface area contributed by atoms with E-state index in [1.54, 1.807) is 0 Å². The normalized spacial score (nSPS) is 19.1. The summed E-state index contributed by atoms with van der Waals surface area (Å²) in [5.74, 6) is -0.903. The summed E-state index contributed by atoms with van der Waals surface area (Å²) in [7, 11) is 0. The van der Waals surface area contributed by atoms with Gasteiger partial charge in [0.15, 0.2) is 0 Å². The zero-order valence-corrected chi connectivity index (χ0v) is 10.6. The number of nitrogens with one attached hydrogen (secondary N) is 1. The highest BCUT2D eigenvalue weighted by molar-refractivity contribution is 5.98. The molecule has 0 radical (unpaired) electrons. The topological polar surface area (TPSA) is 66.4 Å². The SMILES string of the molecule is CC(C)c1ccc2c(c1)C(=O)NC(C(=O)O)CC2. The van der Waals surface area contributed by atoms with Gasteiger partial charge in [-0.05, 0) is 36.0 Å². The number of hydrogen-bond donors (Lipinski definition) is 2. The first-order valence-corrected chi connectivity index (χ1v) is 6.15. The Hall–Kier alpha value is -1.84. The van der Waals surface area contributed by atoms with Crippen LogP contribution in [-0.4, -0.2) is 23.0 Å². The molecule has 0 bridgehead atoms. The summed E-state index contributed by atoms with van der Waals surface area (Å²) in [6.45, 7) is 4.13. The van der Waals surface area contributed by atoms with Gasteiger partial charge in [0.1, 0.15) is 6.04 Å². The van der Waals surface area contributed by atoms with Gasteiger partial charge in [-0.1, -0.05) is 26.0 Å². The van der Waals surface area contributed by atoms with Crippen molar-refractivity contribution >= 4 is 11.9 Å². The Labute approximate surface area is 106 Å². The number of benzene rings is 1. The molecule has 0 saturated heterocycles. The second-order valence-corrected chi connectivity index (χ2v) is 4.97. The average molecular weight is 247 g/mol. The van der Waals surface area contributed by atoms with E-state index in [0.717, 1.165) is 11.1 Å². The lowest BCUT2D eigenvalue weighted by molar-refractivity contribution is -0.139. The van der Waals surface area contributed by atoms with Crippen molar-refractivity contribution in [3.05, 3.63) is 34.9 Å². The highest BCUT2D eigenvalue weighted by Crippen LogP contribution is 2.22. The van der Waals surface area contributed by atoms with Crippen molar-refractivity contribution < 1.29 is 14.7 Å². The van der Waals surface area contributed by atoms with E-state index in [4.69, 9.17) is 5.11 Å². The Morgan fingerprint density at radius 3 is 2.78 bits per heavy atom. The minimum Gasteiger partial charge on any atom is -0.480 e. The van der Waals surface area contributed by atoms with Crippen LogP contribution in [0.15, 0.2) is 18.2 Å². The lowest BCUT2D eigenvalue weighted by Crippen LogP contribution is -2.39. The largest absolute Gasteiger partial charge is 0.480 e. The van der Waals surface area contributed by atoms with Gasteiger partial charge in [-0.25, -0.2) is 4.79 Å². The molecule has 1 atom stereocenters. The summed E-state index contributed by atoms with van der Waals surface area (Å²) < 4.78 is 0. The maximum absolute atomic E-state index is 12.0. The molecule has 18 heavy (non-hydrogen) atoms. The lowest BCUT2D eigenvalue weighted by atomic mass is 9.95. The highest BCUT2D eigenvalue weighted by atomic mass is 16.4. The molecule has 96 valence electrons. The number of carboxylic acid groups (broad SMARTS) is 1. The Morgan fingerprint density at radius 1 is 1.44 bits per heavy atom. The number of aliphatic carboxylic acids is 1. The minimum atomic E-state index is -0.972. The van der Waals surface area contributed by atoms with E-state index in [9.17, 15) is 9.59 Å². The van der Waals surface area contributed by atoms with Crippen LogP contribution in [-0.2, 0) is 11.2 Å². The van der Waals surface area contributed by atoms with Crippen LogP contribution in [0.25, 0.3) is 0 Å². The highest BCUT2D eigenvalue weighted by Gasteiger charge is 2.26. The number of carbonyl (C=O) groups excluding carboxylic acids is 1.